The van der Waals surface area contributed by atoms with Gasteiger partial charge >= 0.3 is 11.9 Å². The van der Waals surface area contributed by atoms with Gasteiger partial charge in [-0.3, -0.25) is 0 Å². The molecule has 0 N–H and O–H groups in total. The van der Waals surface area contributed by atoms with Gasteiger partial charge in [0.25, 0.3) is 0 Å². The fourth-order valence-corrected chi connectivity index (χ4v) is 2.40. The molecule has 118 valence electrons. The van der Waals surface area contributed by atoms with Crippen molar-refractivity contribution in [3.63, 3.8) is 0 Å². The van der Waals surface area contributed by atoms with Crippen molar-refractivity contribution in [1.29, 1.82) is 10.5 Å². The van der Waals surface area contributed by atoms with Crippen molar-refractivity contribution >= 4 is 35.4 Å². The highest BCUT2D eigenvalue weighted by Crippen LogP contribution is 2.22. The van der Waals surface area contributed by atoms with Gasteiger partial charge < -0.3 is 9.47 Å². The topological polar surface area (TPSA) is 100 Å². The Hall–Kier alpha value is -2.90. The standard InChI is InChI=1S/C16H14N2O4S/c1-3-21-15(19)11(9-17)7-13-5-6-14(23-13)8-12(10-18)16(20)22-4-2/h5-8H,3-4H2,1-2H3. The molecule has 0 aliphatic carbocycles. The van der Waals surface area contributed by atoms with Gasteiger partial charge in [-0.1, -0.05) is 0 Å². The summed E-state index contributed by atoms with van der Waals surface area (Å²) in [5.74, 6) is -1.38. The van der Waals surface area contributed by atoms with Crippen LogP contribution in [0.1, 0.15) is 23.6 Å². The Kier molecular flexibility index (Phi) is 7.25. The maximum Gasteiger partial charge on any atom is 0.348 e. The normalized spacial score (nSPS) is 11.3. The Bertz CT molecular complexity index is 671. The molecule has 0 aromatic carbocycles. The maximum atomic E-state index is 11.5. The molecule has 0 bridgehead atoms. The molecule has 0 aliphatic rings. The van der Waals surface area contributed by atoms with Crippen LogP contribution in [0, 0.1) is 22.7 Å². The molecule has 1 aromatic heterocycles. The molecule has 0 atom stereocenters. The van der Waals surface area contributed by atoms with Gasteiger partial charge in [0.15, 0.2) is 0 Å². The summed E-state index contributed by atoms with van der Waals surface area (Å²) in [6, 6.07) is 6.91. The van der Waals surface area contributed by atoms with E-state index in [1.807, 2.05) is 0 Å². The fourth-order valence-electron chi connectivity index (χ4n) is 1.50. The van der Waals surface area contributed by atoms with Crippen molar-refractivity contribution in [3.8, 4) is 12.1 Å². The molecule has 7 heteroatoms. The monoisotopic (exact) mass is 330 g/mol. The quantitative estimate of drug-likeness (QED) is 0.451. The second-order valence-electron chi connectivity index (χ2n) is 4.02. The molecular formula is C16H14N2O4S. The first-order valence-electron chi connectivity index (χ1n) is 6.73. The van der Waals surface area contributed by atoms with Gasteiger partial charge in [-0.05, 0) is 38.1 Å². The van der Waals surface area contributed by atoms with Crippen LogP contribution >= 0.6 is 11.3 Å². The average Bonchev–Trinajstić information content (AvgIpc) is 2.97. The summed E-state index contributed by atoms with van der Waals surface area (Å²) in [7, 11) is 0. The van der Waals surface area contributed by atoms with E-state index in [-0.39, 0.29) is 24.4 Å². The van der Waals surface area contributed by atoms with Crippen molar-refractivity contribution in [1.82, 2.24) is 0 Å². The Labute approximate surface area is 137 Å². The van der Waals surface area contributed by atoms with Gasteiger partial charge in [-0.15, -0.1) is 11.3 Å². The van der Waals surface area contributed by atoms with Crippen molar-refractivity contribution in [2.24, 2.45) is 0 Å². The number of nitriles is 2. The first-order chi connectivity index (χ1) is 11.0. The third-order valence-corrected chi connectivity index (χ3v) is 3.43. The molecule has 0 aliphatic heterocycles. The van der Waals surface area contributed by atoms with E-state index in [2.05, 4.69) is 0 Å². The Morgan fingerprint density at radius 1 is 1.00 bits per heavy atom. The fraction of sp³-hybridized carbons (Fsp3) is 0.250. The number of rotatable bonds is 6. The third-order valence-electron chi connectivity index (χ3n) is 2.45. The summed E-state index contributed by atoms with van der Waals surface area (Å²) in [6.45, 7) is 3.67. The summed E-state index contributed by atoms with van der Waals surface area (Å²) < 4.78 is 9.55. The minimum absolute atomic E-state index is 0.116. The average molecular weight is 330 g/mol. The summed E-state index contributed by atoms with van der Waals surface area (Å²) >= 11 is 1.22. The molecule has 0 spiro atoms. The van der Waals surface area contributed by atoms with Crippen molar-refractivity contribution < 1.29 is 19.1 Å². The number of nitrogens with zero attached hydrogens (tertiary/aromatic N) is 2. The van der Waals surface area contributed by atoms with Gasteiger partial charge in [0.2, 0.25) is 0 Å². The highest BCUT2D eigenvalue weighted by molar-refractivity contribution is 7.13. The second kappa shape index (κ2) is 9.19. The van der Waals surface area contributed by atoms with Crippen LogP contribution in [0.5, 0.6) is 0 Å². The van der Waals surface area contributed by atoms with Crippen LogP contribution in [0.3, 0.4) is 0 Å². The first kappa shape index (κ1) is 18.1. The van der Waals surface area contributed by atoms with Crippen LogP contribution < -0.4 is 0 Å². The Morgan fingerprint density at radius 2 is 1.39 bits per heavy atom. The molecule has 0 saturated carbocycles. The second-order valence-corrected chi connectivity index (χ2v) is 5.17. The highest BCUT2D eigenvalue weighted by Gasteiger charge is 2.12. The molecule has 0 amide bonds. The van der Waals surface area contributed by atoms with Crippen LogP contribution in [0.25, 0.3) is 12.2 Å². The molecular weight excluding hydrogens is 316 g/mol. The minimum Gasteiger partial charge on any atom is -0.462 e. The van der Waals surface area contributed by atoms with Crippen molar-refractivity contribution in [2.45, 2.75) is 13.8 Å². The van der Waals surface area contributed by atoms with Crippen molar-refractivity contribution in [2.75, 3.05) is 13.2 Å². The minimum atomic E-state index is -0.690. The van der Waals surface area contributed by atoms with Crippen molar-refractivity contribution in [3.05, 3.63) is 33.0 Å². The van der Waals surface area contributed by atoms with Crippen LogP contribution in [0.2, 0.25) is 0 Å². The predicted octanol–water partition coefficient (Wildman–Crippen LogP) is 2.69. The van der Waals surface area contributed by atoms with E-state index >= 15 is 0 Å². The smallest absolute Gasteiger partial charge is 0.348 e. The largest absolute Gasteiger partial charge is 0.462 e. The number of carbonyl (C=O) groups excluding carboxylic acids is 2. The Balaban J connectivity index is 3.02. The van der Waals surface area contributed by atoms with E-state index in [9.17, 15) is 9.59 Å². The molecule has 1 heterocycles. The van der Waals surface area contributed by atoms with Gasteiger partial charge in [-0.2, -0.15) is 10.5 Å². The van der Waals surface area contributed by atoms with Crippen LogP contribution in [0.4, 0.5) is 0 Å². The number of ether oxygens (including phenoxy) is 2. The van der Waals surface area contributed by atoms with E-state index in [0.29, 0.717) is 9.75 Å². The number of hydrogen-bond acceptors (Lipinski definition) is 7. The maximum absolute atomic E-state index is 11.5. The zero-order chi connectivity index (χ0) is 17.2. The SMILES string of the molecule is CCOC(=O)C(C#N)=Cc1ccc(C=C(C#N)C(=O)OCC)s1. The van der Waals surface area contributed by atoms with E-state index in [1.54, 1.807) is 38.1 Å². The van der Waals surface area contributed by atoms with E-state index in [1.165, 1.54) is 23.5 Å². The van der Waals surface area contributed by atoms with Crippen LogP contribution in [0.15, 0.2) is 23.3 Å². The molecule has 1 aromatic rings. The molecule has 0 fully saturated rings. The number of carbonyl (C=O) groups is 2. The zero-order valence-electron chi connectivity index (χ0n) is 12.7. The van der Waals surface area contributed by atoms with Gasteiger partial charge in [0.05, 0.1) is 13.2 Å². The molecule has 0 unspecified atom stereocenters. The third kappa shape index (κ3) is 5.42. The summed E-state index contributed by atoms with van der Waals surface area (Å²) in [5, 5.41) is 18.0. The number of esters is 2. The summed E-state index contributed by atoms with van der Waals surface area (Å²) in [4.78, 5) is 24.3. The molecule has 6 nitrogen and oxygen atoms in total. The van der Waals surface area contributed by atoms with Gasteiger partial charge in [0, 0.05) is 9.75 Å². The zero-order valence-corrected chi connectivity index (χ0v) is 13.5. The lowest BCUT2D eigenvalue weighted by molar-refractivity contribution is -0.138. The predicted molar refractivity (Wildman–Crippen MR) is 84.8 cm³/mol. The lowest BCUT2D eigenvalue weighted by Gasteiger charge is -1.98. The number of hydrogen-bond donors (Lipinski definition) is 0. The van der Waals surface area contributed by atoms with E-state index in [0.717, 1.165) is 0 Å². The first-order valence-corrected chi connectivity index (χ1v) is 7.55. The molecule has 23 heavy (non-hydrogen) atoms. The Morgan fingerprint density at radius 3 is 1.70 bits per heavy atom. The lowest BCUT2D eigenvalue weighted by atomic mass is 10.2. The number of thiophene rings is 1. The summed E-state index contributed by atoms with van der Waals surface area (Å²) in [6.07, 6.45) is 2.80. The molecule has 0 radical (unpaired) electrons. The van der Waals surface area contributed by atoms with E-state index < -0.39 is 11.9 Å². The van der Waals surface area contributed by atoms with E-state index in [4.69, 9.17) is 20.0 Å². The van der Waals surface area contributed by atoms with Gasteiger partial charge in [-0.25, -0.2) is 9.59 Å². The molecule has 0 saturated heterocycles. The van der Waals surface area contributed by atoms with Crippen LogP contribution in [-0.2, 0) is 19.1 Å². The lowest BCUT2D eigenvalue weighted by Crippen LogP contribution is -2.05. The molecule has 1 rings (SSSR count). The van der Waals surface area contributed by atoms with Crippen LogP contribution in [-0.4, -0.2) is 25.2 Å². The van der Waals surface area contributed by atoms with Gasteiger partial charge in [0.1, 0.15) is 23.3 Å². The summed E-state index contributed by atoms with van der Waals surface area (Å²) in [5.41, 5.74) is -0.231. The highest BCUT2D eigenvalue weighted by atomic mass is 32.1.